The molecule has 32 heavy (non-hydrogen) atoms. The van der Waals surface area contributed by atoms with Gasteiger partial charge in [-0.1, -0.05) is 0 Å². The lowest BCUT2D eigenvalue weighted by molar-refractivity contribution is -0.385. The van der Waals surface area contributed by atoms with Crippen molar-refractivity contribution >= 4 is 15.8 Å². The molecule has 0 spiro atoms. The lowest BCUT2D eigenvalue weighted by Gasteiger charge is -2.20. The van der Waals surface area contributed by atoms with Crippen molar-refractivity contribution in [3.8, 4) is 11.5 Å². The second-order valence-corrected chi connectivity index (χ2v) is 8.55. The van der Waals surface area contributed by atoms with Crippen LogP contribution in [0.15, 0.2) is 35.2 Å². The third-order valence-electron chi connectivity index (χ3n) is 5.21. The van der Waals surface area contributed by atoms with Gasteiger partial charge in [0.1, 0.15) is 16.2 Å². The van der Waals surface area contributed by atoms with E-state index >= 15 is 0 Å². The summed E-state index contributed by atoms with van der Waals surface area (Å²) in [5.74, 6) is 1.20. The van der Waals surface area contributed by atoms with Crippen molar-refractivity contribution < 1.29 is 36.8 Å². The fourth-order valence-electron chi connectivity index (χ4n) is 3.66. The topological polar surface area (TPSA) is 137 Å². The normalized spacial score (nSPS) is 16.2. The van der Waals surface area contributed by atoms with Gasteiger partial charge in [0.15, 0.2) is 11.5 Å². The summed E-state index contributed by atoms with van der Waals surface area (Å²) in [5, 5.41) is 11.0. The lowest BCUT2D eigenvalue weighted by atomic mass is 9.99. The van der Waals surface area contributed by atoms with Crippen LogP contribution in [0.3, 0.4) is 0 Å². The van der Waals surface area contributed by atoms with Gasteiger partial charge >= 0.3 is 0 Å². The number of hydrogen-bond acceptors (Lipinski definition) is 9. The molecule has 1 atom stereocenters. The molecule has 2 aromatic carbocycles. The molecule has 0 radical (unpaired) electrons. The summed E-state index contributed by atoms with van der Waals surface area (Å²) in [6.45, 7) is 0.764. The number of methoxy groups -OCH3 is 2. The third-order valence-corrected chi connectivity index (χ3v) is 6.15. The molecule has 0 N–H and O–H groups in total. The molecule has 11 heteroatoms. The minimum Gasteiger partial charge on any atom is -0.744 e. The summed E-state index contributed by atoms with van der Waals surface area (Å²) < 4.78 is 56.9. The van der Waals surface area contributed by atoms with Crippen LogP contribution in [0.1, 0.15) is 29.2 Å². The van der Waals surface area contributed by atoms with Crippen LogP contribution in [0.25, 0.3) is 0 Å². The highest BCUT2D eigenvalue weighted by Gasteiger charge is 2.23. The first-order valence-electron chi connectivity index (χ1n) is 9.92. The fourth-order valence-corrected chi connectivity index (χ4v) is 4.38. The number of nitro benzene ring substituents is 1. The van der Waals surface area contributed by atoms with Crippen molar-refractivity contribution in [1.29, 1.82) is 0 Å². The fraction of sp³-hybridized carbons (Fsp3) is 0.429. The lowest BCUT2D eigenvalue weighted by Crippen LogP contribution is -2.14. The van der Waals surface area contributed by atoms with Crippen molar-refractivity contribution in [2.75, 3.05) is 34.0 Å². The van der Waals surface area contributed by atoms with E-state index in [0.717, 1.165) is 42.2 Å². The summed E-state index contributed by atoms with van der Waals surface area (Å²) in [6, 6.07) is 6.82. The van der Waals surface area contributed by atoms with Crippen LogP contribution in [0, 0.1) is 10.1 Å². The van der Waals surface area contributed by atoms with Crippen LogP contribution < -0.4 is 9.47 Å². The van der Waals surface area contributed by atoms with E-state index in [0.29, 0.717) is 18.1 Å². The van der Waals surface area contributed by atoms with E-state index < -0.39 is 19.9 Å². The van der Waals surface area contributed by atoms with Crippen LogP contribution in [0.2, 0.25) is 0 Å². The molecule has 1 unspecified atom stereocenters. The minimum atomic E-state index is -4.77. The molecule has 0 saturated carbocycles. The first kappa shape index (κ1) is 23.9. The number of ether oxygens (including phenoxy) is 4. The first-order valence-corrected chi connectivity index (χ1v) is 11.3. The molecule has 0 saturated heterocycles. The third kappa shape index (κ3) is 5.54. The molecule has 1 heterocycles. The monoisotopic (exact) mass is 466 g/mol. The van der Waals surface area contributed by atoms with Gasteiger partial charge in [-0.15, -0.1) is 0 Å². The number of nitro groups is 1. The molecule has 2 aromatic rings. The van der Waals surface area contributed by atoms with Gasteiger partial charge in [0.2, 0.25) is 0 Å². The Hall–Kier alpha value is -2.73. The molecule has 1 aliphatic rings. The van der Waals surface area contributed by atoms with Gasteiger partial charge in [0.25, 0.3) is 5.69 Å². The average molecular weight is 466 g/mol. The molecule has 0 aliphatic carbocycles. The quantitative estimate of drug-likeness (QED) is 0.236. The molecular weight excluding hydrogens is 442 g/mol. The molecule has 10 nitrogen and oxygen atoms in total. The van der Waals surface area contributed by atoms with Crippen LogP contribution >= 0.6 is 0 Å². The zero-order valence-electron chi connectivity index (χ0n) is 17.7. The van der Waals surface area contributed by atoms with E-state index in [1.54, 1.807) is 14.2 Å². The summed E-state index contributed by atoms with van der Waals surface area (Å²) in [6.07, 6.45) is 1.28. The maximum absolute atomic E-state index is 11.5. The van der Waals surface area contributed by atoms with Crippen molar-refractivity contribution in [2.45, 2.75) is 30.3 Å². The Morgan fingerprint density at radius 1 is 1.16 bits per heavy atom. The Morgan fingerprint density at radius 2 is 1.88 bits per heavy atom. The summed E-state index contributed by atoms with van der Waals surface area (Å²) in [5.41, 5.74) is 1.72. The van der Waals surface area contributed by atoms with Gasteiger partial charge < -0.3 is 23.5 Å². The highest BCUT2D eigenvalue weighted by Crippen LogP contribution is 2.36. The summed E-state index contributed by atoms with van der Waals surface area (Å²) in [4.78, 5) is 9.87. The highest BCUT2D eigenvalue weighted by atomic mass is 32.2. The Labute approximate surface area is 186 Å². The molecule has 1 aliphatic heterocycles. The molecule has 0 fully saturated rings. The van der Waals surface area contributed by atoms with E-state index in [1.807, 2.05) is 12.1 Å². The van der Waals surface area contributed by atoms with Gasteiger partial charge in [-0.05, 0) is 54.2 Å². The van der Waals surface area contributed by atoms with Gasteiger partial charge in [0.05, 0.1) is 37.3 Å². The molecule has 0 aromatic heterocycles. The molecule has 174 valence electrons. The summed E-state index contributed by atoms with van der Waals surface area (Å²) in [7, 11) is -1.65. The van der Waals surface area contributed by atoms with E-state index in [4.69, 9.17) is 18.9 Å². The number of hydrogen-bond donors (Lipinski definition) is 0. The maximum Gasteiger partial charge on any atom is 0.269 e. The van der Waals surface area contributed by atoms with Gasteiger partial charge in [-0.2, -0.15) is 0 Å². The second-order valence-electron chi connectivity index (χ2n) is 7.20. The van der Waals surface area contributed by atoms with Crippen LogP contribution in [0.5, 0.6) is 11.5 Å². The number of fused-ring (bicyclic) bond motifs is 1. The van der Waals surface area contributed by atoms with Crippen molar-refractivity contribution in [2.24, 2.45) is 0 Å². The van der Waals surface area contributed by atoms with Crippen molar-refractivity contribution in [3.63, 3.8) is 0 Å². The van der Waals surface area contributed by atoms with E-state index in [2.05, 4.69) is 0 Å². The molecule has 0 amide bonds. The van der Waals surface area contributed by atoms with Gasteiger partial charge in [-0.3, -0.25) is 10.1 Å². The van der Waals surface area contributed by atoms with E-state index in [1.165, 1.54) is 0 Å². The molecule has 0 bridgehead atoms. The minimum absolute atomic E-state index is 0.0179. The van der Waals surface area contributed by atoms with Gasteiger partial charge in [0, 0.05) is 18.7 Å². The predicted octanol–water partition coefficient (Wildman–Crippen LogP) is 2.78. The van der Waals surface area contributed by atoms with Gasteiger partial charge in [-0.25, -0.2) is 8.42 Å². The molecular formula is C21H24NO9S-. The second kappa shape index (κ2) is 10.3. The zero-order chi connectivity index (χ0) is 23.3. The largest absolute Gasteiger partial charge is 0.744 e. The van der Waals surface area contributed by atoms with Crippen molar-refractivity contribution in [1.82, 2.24) is 0 Å². The Kier molecular flexibility index (Phi) is 7.67. The highest BCUT2D eigenvalue weighted by molar-refractivity contribution is 7.85. The zero-order valence-corrected chi connectivity index (χ0v) is 18.6. The number of aryl methyl sites for hydroxylation is 1. The molecule has 3 rings (SSSR count). The maximum atomic E-state index is 11.5. The standard InChI is InChI=1S/C21H25NO9S/c1-28-18-11-14-4-3-8-31-20(17(14)12-19(18)29-2)13-30-9-7-15-10-16(22(23)24)5-6-21(15)32(25,26)27/h5-6,10-12,20H,3-4,7-9,13H2,1-2H3,(H,25,26,27)/p-1. The summed E-state index contributed by atoms with van der Waals surface area (Å²) >= 11 is 0. The van der Waals surface area contributed by atoms with E-state index in [9.17, 15) is 23.1 Å². The SMILES string of the molecule is COc1cc2c(cc1OC)C(COCCc1cc([N+](=O)[O-])ccc1S(=O)(=O)[O-])OCCC2. The smallest absolute Gasteiger partial charge is 0.269 e. The van der Waals surface area contributed by atoms with Crippen molar-refractivity contribution in [3.05, 3.63) is 57.1 Å². The Morgan fingerprint density at radius 3 is 2.53 bits per heavy atom. The van der Waals surface area contributed by atoms with Crippen LogP contribution in [0.4, 0.5) is 5.69 Å². The number of rotatable bonds is 9. The number of nitrogens with zero attached hydrogens (tertiary/aromatic N) is 1. The predicted molar refractivity (Wildman–Crippen MR) is 112 cm³/mol. The number of non-ortho nitro benzene ring substituents is 1. The Balaban J connectivity index is 1.73. The number of benzene rings is 2. The van der Waals surface area contributed by atoms with E-state index in [-0.39, 0.29) is 37.0 Å². The first-order chi connectivity index (χ1) is 15.2. The average Bonchev–Trinajstić information content (AvgIpc) is 2.96. The van der Waals surface area contributed by atoms with Crippen LogP contribution in [-0.4, -0.2) is 51.9 Å². The Bertz CT molecular complexity index is 1080. The van der Waals surface area contributed by atoms with Crippen LogP contribution in [-0.2, 0) is 32.4 Å².